The van der Waals surface area contributed by atoms with Gasteiger partial charge in [-0.05, 0) is 58.1 Å². The molecule has 0 radical (unpaired) electrons. The molecule has 0 spiro atoms. The van der Waals surface area contributed by atoms with Crippen LogP contribution in [-0.4, -0.2) is 34.6 Å². The third-order valence-corrected chi connectivity index (χ3v) is 4.24. The van der Waals surface area contributed by atoms with E-state index in [0.29, 0.717) is 13.0 Å². The molecule has 1 atom stereocenters. The van der Waals surface area contributed by atoms with Crippen LogP contribution in [0.5, 0.6) is 0 Å². The second kappa shape index (κ2) is 5.57. The molecular formula is C17H25NO2. The predicted molar refractivity (Wildman–Crippen MR) is 81.0 cm³/mol. The quantitative estimate of drug-likeness (QED) is 0.856. The van der Waals surface area contributed by atoms with Gasteiger partial charge in [0.15, 0.2) is 0 Å². The summed E-state index contributed by atoms with van der Waals surface area (Å²) in [6.07, 6.45) is 2.29. The number of hydrogen-bond donors (Lipinski definition) is 1. The highest BCUT2D eigenvalue weighted by Gasteiger charge is 2.28. The number of aryl methyl sites for hydroxylation is 3. The van der Waals surface area contributed by atoms with Crippen LogP contribution in [0.4, 0.5) is 0 Å². The van der Waals surface area contributed by atoms with E-state index in [1.165, 1.54) is 5.56 Å². The van der Waals surface area contributed by atoms with Crippen LogP contribution < -0.4 is 0 Å². The first-order chi connectivity index (χ1) is 9.30. The van der Waals surface area contributed by atoms with Gasteiger partial charge in [0.2, 0.25) is 0 Å². The molecule has 1 unspecified atom stereocenters. The molecule has 1 N–H and O–H groups in total. The van der Waals surface area contributed by atoms with Crippen molar-refractivity contribution in [1.29, 1.82) is 0 Å². The maximum Gasteiger partial charge on any atom is 0.254 e. The van der Waals surface area contributed by atoms with Crippen molar-refractivity contribution >= 4 is 5.91 Å². The molecule has 0 saturated carbocycles. The SMILES string of the molecule is Cc1cc(C)c(C(=O)N2CCCC(C)(O)CC2)c(C)c1. The zero-order valence-electron chi connectivity index (χ0n) is 13.0. The highest BCUT2D eigenvalue weighted by Crippen LogP contribution is 2.24. The lowest BCUT2D eigenvalue weighted by atomic mass is 9.98. The van der Waals surface area contributed by atoms with Crippen LogP contribution in [0.2, 0.25) is 0 Å². The van der Waals surface area contributed by atoms with Gasteiger partial charge in [-0.3, -0.25) is 4.79 Å². The van der Waals surface area contributed by atoms with Crippen LogP contribution in [0.25, 0.3) is 0 Å². The summed E-state index contributed by atoms with van der Waals surface area (Å²) in [6.45, 7) is 9.30. The first-order valence-corrected chi connectivity index (χ1v) is 7.40. The van der Waals surface area contributed by atoms with Gasteiger partial charge in [-0.15, -0.1) is 0 Å². The molecule has 3 heteroatoms. The molecule has 1 aromatic carbocycles. The number of benzene rings is 1. The molecule has 0 aromatic heterocycles. The molecule has 20 heavy (non-hydrogen) atoms. The first-order valence-electron chi connectivity index (χ1n) is 7.40. The minimum Gasteiger partial charge on any atom is -0.390 e. The Kier molecular flexibility index (Phi) is 4.19. The monoisotopic (exact) mass is 275 g/mol. The Morgan fingerprint density at radius 2 is 1.75 bits per heavy atom. The molecule has 2 rings (SSSR count). The van der Waals surface area contributed by atoms with E-state index in [2.05, 4.69) is 19.1 Å². The fourth-order valence-corrected chi connectivity index (χ4v) is 3.14. The standard InChI is InChI=1S/C17H25NO2/c1-12-10-13(2)15(14(3)11-12)16(19)18-8-5-6-17(4,20)7-9-18/h10-11,20H,5-9H2,1-4H3. The van der Waals surface area contributed by atoms with Gasteiger partial charge in [0, 0.05) is 18.7 Å². The number of carbonyl (C=O) groups is 1. The molecule has 3 nitrogen and oxygen atoms in total. The Labute approximate surface area is 121 Å². The van der Waals surface area contributed by atoms with Crippen molar-refractivity contribution in [3.8, 4) is 0 Å². The maximum atomic E-state index is 12.8. The highest BCUT2D eigenvalue weighted by atomic mass is 16.3. The summed E-state index contributed by atoms with van der Waals surface area (Å²) in [5, 5.41) is 10.1. The Morgan fingerprint density at radius 3 is 2.35 bits per heavy atom. The number of aliphatic hydroxyl groups is 1. The summed E-state index contributed by atoms with van der Waals surface area (Å²) in [5.41, 5.74) is 3.48. The second-order valence-electron chi connectivity index (χ2n) is 6.42. The Bertz CT molecular complexity index is 497. The predicted octanol–water partition coefficient (Wildman–Crippen LogP) is 2.99. The van der Waals surface area contributed by atoms with Crippen LogP contribution in [0.3, 0.4) is 0 Å². The minimum absolute atomic E-state index is 0.109. The van der Waals surface area contributed by atoms with Crippen molar-refractivity contribution in [2.24, 2.45) is 0 Å². The number of likely N-dealkylation sites (tertiary alicyclic amines) is 1. The summed E-state index contributed by atoms with van der Waals surface area (Å²) in [4.78, 5) is 14.7. The van der Waals surface area contributed by atoms with E-state index in [-0.39, 0.29) is 5.91 Å². The molecule has 1 aromatic rings. The van der Waals surface area contributed by atoms with Crippen molar-refractivity contribution in [1.82, 2.24) is 4.90 Å². The van der Waals surface area contributed by atoms with Gasteiger partial charge in [0.05, 0.1) is 5.60 Å². The van der Waals surface area contributed by atoms with E-state index < -0.39 is 5.60 Å². The summed E-state index contributed by atoms with van der Waals surface area (Å²) >= 11 is 0. The van der Waals surface area contributed by atoms with Crippen molar-refractivity contribution in [3.05, 3.63) is 34.4 Å². The molecular weight excluding hydrogens is 250 g/mol. The van der Waals surface area contributed by atoms with Crippen LogP contribution >= 0.6 is 0 Å². The van der Waals surface area contributed by atoms with Crippen LogP contribution in [-0.2, 0) is 0 Å². The fraction of sp³-hybridized carbons (Fsp3) is 0.588. The average molecular weight is 275 g/mol. The minimum atomic E-state index is -0.633. The molecule has 1 amide bonds. The number of nitrogens with zero attached hydrogens (tertiary/aromatic N) is 1. The van der Waals surface area contributed by atoms with E-state index in [0.717, 1.165) is 36.1 Å². The van der Waals surface area contributed by atoms with Crippen molar-refractivity contribution in [2.45, 2.75) is 52.6 Å². The highest BCUT2D eigenvalue weighted by molar-refractivity contribution is 5.97. The topological polar surface area (TPSA) is 40.5 Å². The van der Waals surface area contributed by atoms with Gasteiger partial charge in [-0.25, -0.2) is 0 Å². The third-order valence-electron chi connectivity index (χ3n) is 4.24. The number of hydrogen-bond acceptors (Lipinski definition) is 2. The average Bonchev–Trinajstić information content (AvgIpc) is 2.48. The number of carbonyl (C=O) groups excluding carboxylic acids is 1. The molecule has 110 valence electrons. The van der Waals surface area contributed by atoms with Crippen molar-refractivity contribution < 1.29 is 9.90 Å². The first kappa shape index (κ1) is 15.0. The normalized spacial score (nSPS) is 23.6. The summed E-state index contributed by atoms with van der Waals surface area (Å²) in [6, 6.07) is 4.13. The lowest BCUT2D eigenvalue weighted by Gasteiger charge is -2.24. The zero-order valence-corrected chi connectivity index (χ0v) is 13.0. The molecule has 1 saturated heterocycles. The zero-order chi connectivity index (χ0) is 14.9. The molecule has 0 bridgehead atoms. The van der Waals surface area contributed by atoms with Gasteiger partial charge in [0.25, 0.3) is 5.91 Å². The number of rotatable bonds is 1. The third kappa shape index (κ3) is 3.21. The lowest BCUT2D eigenvalue weighted by molar-refractivity contribution is 0.0438. The lowest BCUT2D eigenvalue weighted by Crippen LogP contribution is -2.34. The molecule has 1 fully saturated rings. The molecule has 0 aliphatic carbocycles. The van der Waals surface area contributed by atoms with Crippen molar-refractivity contribution in [2.75, 3.05) is 13.1 Å². The van der Waals surface area contributed by atoms with E-state index in [4.69, 9.17) is 0 Å². The van der Waals surface area contributed by atoms with Gasteiger partial charge in [-0.1, -0.05) is 17.7 Å². The van der Waals surface area contributed by atoms with E-state index >= 15 is 0 Å². The summed E-state index contributed by atoms with van der Waals surface area (Å²) in [7, 11) is 0. The van der Waals surface area contributed by atoms with Crippen LogP contribution in [0.1, 0.15) is 53.2 Å². The Morgan fingerprint density at radius 1 is 1.15 bits per heavy atom. The Hall–Kier alpha value is -1.35. The fourth-order valence-electron chi connectivity index (χ4n) is 3.14. The van der Waals surface area contributed by atoms with Crippen LogP contribution in [0.15, 0.2) is 12.1 Å². The Balaban J connectivity index is 2.24. The molecule has 1 heterocycles. The van der Waals surface area contributed by atoms with Gasteiger partial charge in [0.1, 0.15) is 0 Å². The summed E-state index contributed by atoms with van der Waals surface area (Å²) < 4.78 is 0. The number of amides is 1. The largest absolute Gasteiger partial charge is 0.390 e. The maximum absolute atomic E-state index is 12.8. The smallest absolute Gasteiger partial charge is 0.254 e. The van der Waals surface area contributed by atoms with Crippen molar-refractivity contribution in [3.63, 3.8) is 0 Å². The van der Waals surface area contributed by atoms with E-state index in [1.807, 2.05) is 25.7 Å². The molecule has 1 aliphatic rings. The second-order valence-corrected chi connectivity index (χ2v) is 6.42. The van der Waals surface area contributed by atoms with E-state index in [1.54, 1.807) is 0 Å². The van der Waals surface area contributed by atoms with E-state index in [9.17, 15) is 9.90 Å². The van der Waals surface area contributed by atoms with Gasteiger partial charge < -0.3 is 10.0 Å². The van der Waals surface area contributed by atoms with Crippen LogP contribution in [0, 0.1) is 20.8 Å². The molecule has 1 aliphatic heterocycles. The summed E-state index contributed by atoms with van der Waals surface area (Å²) in [5.74, 6) is 0.109. The van der Waals surface area contributed by atoms with Gasteiger partial charge in [-0.2, -0.15) is 0 Å². The van der Waals surface area contributed by atoms with Gasteiger partial charge >= 0.3 is 0 Å².